The van der Waals surface area contributed by atoms with Gasteiger partial charge in [-0.1, -0.05) is 69.4 Å². The molecule has 108 valence electrons. The van der Waals surface area contributed by atoms with Gasteiger partial charge in [0.1, 0.15) is 6.04 Å². The third-order valence-electron chi connectivity index (χ3n) is 3.32. The average Bonchev–Trinajstić information content (AvgIpc) is 2.49. The van der Waals surface area contributed by atoms with Crippen LogP contribution in [0.1, 0.15) is 63.5 Å². The van der Waals surface area contributed by atoms with Crippen LogP contribution in [-0.4, -0.2) is 5.91 Å². The summed E-state index contributed by atoms with van der Waals surface area (Å²) < 4.78 is 0. The molecule has 0 saturated heterocycles. The SMILES string of the molecule is CCCCCCCCC(=O)NC(C#N)c1ccccc1. The molecule has 0 aliphatic rings. The topological polar surface area (TPSA) is 52.9 Å². The van der Waals surface area contributed by atoms with Gasteiger partial charge in [-0.25, -0.2) is 0 Å². The Labute approximate surface area is 122 Å². The Hall–Kier alpha value is -1.82. The minimum Gasteiger partial charge on any atom is -0.337 e. The molecule has 1 unspecified atom stereocenters. The molecule has 1 rings (SSSR count). The van der Waals surface area contributed by atoms with Gasteiger partial charge in [0.05, 0.1) is 6.07 Å². The highest BCUT2D eigenvalue weighted by atomic mass is 16.1. The zero-order valence-corrected chi connectivity index (χ0v) is 12.3. The zero-order valence-electron chi connectivity index (χ0n) is 12.3. The Morgan fingerprint density at radius 1 is 1.15 bits per heavy atom. The lowest BCUT2D eigenvalue weighted by Gasteiger charge is -2.11. The molecule has 0 heterocycles. The van der Waals surface area contributed by atoms with Crippen LogP contribution in [0.25, 0.3) is 0 Å². The number of rotatable bonds is 9. The molecule has 1 N–H and O–H groups in total. The summed E-state index contributed by atoms with van der Waals surface area (Å²) in [6.45, 7) is 2.19. The minimum atomic E-state index is -0.538. The third-order valence-corrected chi connectivity index (χ3v) is 3.32. The fourth-order valence-electron chi connectivity index (χ4n) is 2.13. The summed E-state index contributed by atoms with van der Waals surface area (Å²) in [5, 5.41) is 11.9. The van der Waals surface area contributed by atoms with Gasteiger partial charge in [0.2, 0.25) is 5.91 Å². The molecular formula is C17H24N2O. The lowest BCUT2D eigenvalue weighted by atomic mass is 10.1. The van der Waals surface area contributed by atoms with Crippen LogP contribution in [0.15, 0.2) is 30.3 Å². The van der Waals surface area contributed by atoms with Crippen molar-refractivity contribution in [2.24, 2.45) is 0 Å². The highest BCUT2D eigenvalue weighted by Gasteiger charge is 2.12. The van der Waals surface area contributed by atoms with Crippen LogP contribution in [0.4, 0.5) is 0 Å². The second-order valence-corrected chi connectivity index (χ2v) is 5.06. The summed E-state index contributed by atoms with van der Waals surface area (Å²) in [7, 11) is 0. The van der Waals surface area contributed by atoms with Gasteiger partial charge in [0, 0.05) is 6.42 Å². The Kier molecular flexibility index (Phi) is 8.14. The predicted octanol–water partition coefficient (Wildman–Crippen LogP) is 4.12. The lowest BCUT2D eigenvalue weighted by Crippen LogP contribution is -2.27. The van der Waals surface area contributed by atoms with Crippen LogP contribution < -0.4 is 5.32 Å². The molecule has 20 heavy (non-hydrogen) atoms. The maximum atomic E-state index is 11.8. The molecule has 0 fully saturated rings. The van der Waals surface area contributed by atoms with Crippen molar-refractivity contribution in [3.63, 3.8) is 0 Å². The van der Waals surface area contributed by atoms with Crippen molar-refractivity contribution in [1.29, 1.82) is 5.26 Å². The maximum absolute atomic E-state index is 11.8. The van der Waals surface area contributed by atoms with E-state index in [2.05, 4.69) is 18.3 Å². The number of benzene rings is 1. The monoisotopic (exact) mass is 272 g/mol. The van der Waals surface area contributed by atoms with Crippen LogP contribution in [0, 0.1) is 11.3 Å². The fraction of sp³-hybridized carbons (Fsp3) is 0.529. The summed E-state index contributed by atoms with van der Waals surface area (Å²) in [6.07, 6.45) is 7.47. The Morgan fingerprint density at radius 2 is 1.80 bits per heavy atom. The quantitative estimate of drug-likeness (QED) is 0.687. The van der Waals surface area contributed by atoms with Crippen LogP contribution in [0.3, 0.4) is 0 Å². The van der Waals surface area contributed by atoms with Crippen molar-refractivity contribution in [3.05, 3.63) is 35.9 Å². The molecule has 1 atom stereocenters. The standard InChI is InChI=1S/C17H24N2O/c1-2-3-4-5-6-10-13-17(20)19-16(14-18)15-11-8-7-9-12-15/h7-9,11-12,16H,2-6,10,13H2,1H3,(H,19,20). The summed E-state index contributed by atoms with van der Waals surface area (Å²) in [6, 6.07) is 11.0. The first-order valence-electron chi connectivity index (χ1n) is 7.52. The van der Waals surface area contributed by atoms with Gasteiger partial charge in [-0.3, -0.25) is 4.79 Å². The van der Waals surface area contributed by atoms with E-state index in [9.17, 15) is 4.79 Å². The van der Waals surface area contributed by atoms with Gasteiger partial charge in [-0.05, 0) is 12.0 Å². The number of hydrogen-bond acceptors (Lipinski definition) is 2. The van der Waals surface area contributed by atoms with Crippen LogP contribution in [-0.2, 0) is 4.79 Å². The number of nitriles is 1. The normalized spacial score (nSPS) is 11.6. The second kappa shape index (κ2) is 10.0. The van der Waals surface area contributed by atoms with E-state index in [4.69, 9.17) is 5.26 Å². The summed E-state index contributed by atoms with van der Waals surface area (Å²) >= 11 is 0. The predicted molar refractivity (Wildman–Crippen MR) is 80.9 cm³/mol. The number of unbranched alkanes of at least 4 members (excludes halogenated alkanes) is 5. The van der Waals surface area contributed by atoms with Gasteiger partial charge in [-0.2, -0.15) is 5.26 Å². The van der Waals surface area contributed by atoms with Gasteiger partial charge in [0.25, 0.3) is 0 Å². The Morgan fingerprint density at radius 3 is 2.45 bits per heavy atom. The van der Waals surface area contributed by atoms with E-state index in [-0.39, 0.29) is 5.91 Å². The maximum Gasteiger partial charge on any atom is 0.221 e. The lowest BCUT2D eigenvalue weighted by molar-refractivity contribution is -0.121. The summed E-state index contributed by atoms with van der Waals surface area (Å²) in [4.78, 5) is 11.8. The van der Waals surface area contributed by atoms with Crippen molar-refractivity contribution in [3.8, 4) is 6.07 Å². The van der Waals surface area contributed by atoms with E-state index in [1.165, 1.54) is 25.7 Å². The molecule has 3 heteroatoms. The first-order chi connectivity index (χ1) is 9.77. The molecule has 1 aromatic rings. The molecule has 0 aliphatic heterocycles. The van der Waals surface area contributed by atoms with E-state index in [0.29, 0.717) is 6.42 Å². The van der Waals surface area contributed by atoms with Crippen molar-refractivity contribution in [2.75, 3.05) is 0 Å². The van der Waals surface area contributed by atoms with Gasteiger partial charge >= 0.3 is 0 Å². The molecule has 3 nitrogen and oxygen atoms in total. The van der Waals surface area contributed by atoms with Crippen molar-refractivity contribution < 1.29 is 4.79 Å². The van der Waals surface area contributed by atoms with Crippen LogP contribution in [0.5, 0.6) is 0 Å². The Balaban J connectivity index is 2.25. The second-order valence-electron chi connectivity index (χ2n) is 5.06. The molecule has 0 bridgehead atoms. The van der Waals surface area contributed by atoms with E-state index in [1.54, 1.807) is 0 Å². The largest absolute Gasteiger partial charge is 0.337 e. The van der Waals surface area contributed by atoms with E-state index >= 15 is 0 Å². The minimum absolute atomic E-state index is 0.0316. The number of carbonyl (C=O) groups is 1. The fourth-order valence-corrected chi connectivity index (χ4v) is 2.13. The number of hydrogen-bond donors (Lipinski definition) is 1. The first kappa shape index (κ1) is 16.2. The van der Waals surface area contributed by atoms with Crippen molar-refractivity contribution in [1.82, 2.24) is 5.32 Å². The Bertz CT molecular complexity index is 422. The summed E-state index contributed by atoms with van der Waals surface area (Å²) in [5.41, 5.74) is 0.839. The van der Waals surface area contributed by atoms with E-state index < -0.39 is 6.04 Å². The molecule has 1 amide bonds. The van der Waals surface area contributed by atoms with Gasteiger partial charge < -0.3 is 5.32 Å². The van der Waals surface area contributed by atoms with E-state index in [1.807, 2.05) is 30.3 Å². The molecular weight excluding hydrogens is 248 g/mol. The third kappa shape index (κ3) is 6.38. The number of nitrogens with one attached hydrogen (secondary N) is 1. The highest BCUT2D eigenvalue weighted by molar-refractivity contribution is 5.76. The molecule has 0 radical (unpaired) electrons. The number of nitrogens with zero attached hydrogens (tertiary/aromatic N) is 1. The first-order valence-corrected chi connectivity index (χ1v) is 7.52. The van der Waals surface area contributed by atoms with Crippen molar-refractivity contribution >= 4 is 5.91 Å². The molecule has 0 aliphatic carbocycles. The number of amides is 1. The van der Waals surface area contributed by atoms with E-state index in [0.717, 1.165) is 18.4 Å². The van der Waals surface area contributed by atoms with Crippen LogP contribution in [0.2, 0.25) is 0 Å². The number of carbonyl (C=O) groups excluding carboxylic acids is 1. The summed E-state index contributed by atoms with van der Waals surface area (Å²) in [5.74, 6) is -0.0316. The smallest absolute Gasteiger partial charge is 0.221 e. The zero-order chi connectivity index (χ0) is 14.6. The highest BCUT2D eigenvalue weighted by Crippen LogP contribution is 2.12. The van der Waals surface area contributed by atoms with Crippen molar-refractivity contribution in [2.45, 2.75) is 57.9 Å². The molecule has 1 aromatic carbocycles. The molecule has 0 spiro atoms. The van der Waals surface area contributed by atoms with Gasteiger partial charge in [-0.15, -0.1) is 0 Å². The average molecular weight is 272 g/mol. The molecule has 0 aromatic heterocycles. The van der Waals surface area contributed by atoms with Gasteiger partial charge in [0.15, 0.2) is 0 Å². The van der Waals surface area contributed by atoms with Crippen LogP contribution >= 0.6 is 0 Å². The molecule has 0 saturated carbocycles.